The Morgan fingerprint density at radius 3 is 2.28 bits per heavy atom. The number of β-amino-alcohol motifs (C(OH)–C–C–N with tert-alkyl or cyclic N) is 1. The summed E-state index contributed by atoms with van der Waals surface area (Å²) in [6.07, 6.45) is 2.02. The van der Waals surface area contributed by atoms with Crippen LogP contribution in [0.3, 0.4) is 0 Å². The first-order valence-electron chi connectivity index (χ1n) is 11.2. The van der Waals surface area contributed by atoms with Crippen molar-refractivity contribution >= 4 is 0 Å². The van der Waals surface area contributed by atoms with Crippen molar-refractivity contribution < 1.29 is 14.6 Å². The average Bonchev–Trinajstić information content (AvgIpc) is 2.62. The van der Waals surface area contributed by atoms with Crippen molar-refractivity contribution in [2.45, 2.75) is 78.2 Å². The third-order valence-electron chi connectivity index (χ3n) is 5.79. The van der Waals surface area contributed by atoms with Crippen molar-refractivity contribution in [3.05, 3.63) is 29.3 Å². The fourth-order valence-corrected chi connectivity index (χ4v) is 3.73. The maximum atomic E-state index is 10.2. The van der Waals surface area contributed by atoms with Crippen molar-refractivity contribution in [1.82, 2.24) is 4.90 Å². The number of likely N-dealkylation sites (tertiary alicyclic amines) is 1. The van der Waals surface area contributed by atoms with Crippen LogP contribution in [0.5, 0.6) is 5.75 Å². The van der Waals surface area contributed by atoms with E-state index in [0.717, 1.165) is 24.8 Å². The largest absolute Gasteiger partial charge is 0.491 e. The normalized spacial score (nSPS) is 18.1. The molecule has 0 saturated carbocycles. The number of aliphatic hydroxyl groups is 1. The molecule has 1 heterocycles. The fraction of sp³-hybridized carbons (Fsp3) is 0.760. The Hall–Kier alpha value is -1.10. The minimum absolute atomic E-state index is 0.0135. The molecule has 0 spiro atoms. The Morgan fingerprint density at radius 1 is 1.03 bits per heavy atom. The summed E-state index contributed by atoms with van der Waals surface area (Å²) in [5.41, 5.74) is 2.68. The highest BCUT2D eigenvalue weighted by molar-refractivity contribution is 5.43. The first-order chi connectivity index (χ1) is 13.5. The summed E-state index contributed by atoms with van der Waals surface area (Å²) in [6, 6.07) is 6.53. The second-order valence-corrected chi connectivity index (χ2v) is 10.8. The van der Waals surface area contributed by atoms with E-state index in [1.54, 1.807) is 0 Å². The Kier molecular flexibility index (Phi) is 8.57. The molecule has 4 heteroatoms. The molecule has 0 amide bonds. The zero-order valence-electron chi connectivity index (χ0n) is 19.8. The molecule has 1 aliphatic heterocycles. The second-order valence-electron chi connectivity index (χ2n) is 10.8. The molecule has 29 heavy (non-hydrogen) atoms. The van der Waals surface area contributed by atoms with Gasteiger partial charge in [0.15, 0.2) is 0 Å². The van der Waals surface area contributed by atoms with Crippen molar-refractivity contribution in [3.8, 4) is 5.75 Å². The maximum absolute atomic E-state index is 10.2. The Morgan fingerprint density at radius 2 is 1.69 bits per heavy atom. The third-order valence-corrected chi connectivity index (χ3v) is 5.79. The molecule has 0 aliphatic carbocycles. The Bertz CT molecular complexity index is 622. The number of piperidine rings is 1. The predicted molar refractivity (Wildman–Crippen MR) is 121 cm³/mol. The highest BCUT2D eigenvalue weighted by atomic mass is 16.5. The summed E-state index contributed by atoms with van der Waals surface area (Å²) in [7, 11) is 0. The zero-order chi connectivity index (χ0) is 21.7. The highest BCUT2D eigenvalue weighted by Gasteiger charge is 2.23. The van der Waals surface area contributed by atoms with Gasteiger partial charge in [-0.15, -0.1) is 0 Å². The van der Waals surface area contributed by atoms with Crippen molar-refractivity contribution in [2.75, 3.05) is 39.5 Å². The van der Waals surface area contributed by atoms with E-state index in [2.05, 4.69) is 71.6 Å². The van der Waals surface area contributed by atoms with E-state index < -0.39 is 6.10 Å². The number of aliphatic hydroxyl groups excluding tert-OH is 1. The molecule has 0 unspecified atom stereocenters. The van der Waals surface area contributed by atoms with Crippen LogP contribution in [-0.2, 0) is 15.6 Å². The number of hydrogen-bond acceptors (Lipinski definition) is 4. The Balaban J connectivity index is 1.78. The molecule has 1 atom stereocenters. The van der Waals surface area contributed by atoms with Gasteiger partial charge in [0.1, 0.15) is 12.4 Å². The van der Waals surface area contributed by atoms with Gasteiger partial charge in [0.25, 0.3) is 0 Å². The topological polar surface area (TPSA) is 41.9 Å². The molecule has 4 nitrogen and oxygen atoms in total. The molecule has 166 valence electrons. The number of benzene rings is 1. The van der Waals surface area contributed by atoms with Gasteiger partial charge in [-0.2, -0.15) is 0 Å². The fourth-order valence-electron chi connectivity index (χ4n) is 3.73. The molecule has 1 aliphatic rings. The first-order valence-corrected chi connectivity index (χ1v) is 11.2. The van der Waals surface area contributed by atoms with Crippen LogP contribution in [0.4, 0.5) is 0 Å². The molecule has 0 radical (unpaired) electrons. The number of ether oxygens (including phenoxy) is 2. The number of rotatable bonds is 8. The lowest BCUT2D eigenvalue weighted by atomic mass is 9.80. The van der Waals surface area contributed by atoms with Gasteiger partial charge >= 0.3 is 0 Å². The summed E-state index contributed by atoms with van der Waals surface area (Å²) in [6.45, 7) is 19.9. The minimum Gasteiger partial charge on any atom is -0.491 e. The van der Waals surface area contributed by atoms with Crippen molar-refractivity contribution in [3.63, 3.8) is 0 Å². The first kappa shape index (κ1) is 24.2. The van der Waals surface area contributed by atoms with Gasteiger partial charge in [-0.3, -0.25) is 0 Å². The molecule has 1 aromatic rings. The molecule has 0 bridgehead atoms. The quantitative estimate of drug-likeness (QED) is 0.633. The highest BCUT2D eigenvalue weighted by Crippen LogP contribution is 2.35. The van der Waals surface area contributed by atoms with E-state index in [9.17, 15) is 5.11 Å². The van der Waals surface area contributed by atoms with E-state index >= 15 is 0 Å². The number of hydrogen-bond donors (Lipinski definition) is 1. The smallest absolute Gasteiger partial charge is 0.123 e. The van der Waals surface area contributed by atoms with Crippen LogP contribution in [0.25, 0.3) is 0 Å². The lowest BCUT2D eigenvalue weighted by molar-refractivity contribution is 0.00321. The molecular weight excluding hydrogens is 362 g/mol. The molecular formula is C25H43NO3. The van der Waals surface area contributed by atoms with Gasteiger partial charge in [-0.05, 0) is 59.9 Å². The monoisotopic (exact) mass is 405 g/mol. The van der Waals surface area contributed by atoms with Crippen LogP contribution in [0.2, 0.25) is 0 Å². The van der Waals surface area contributed by atoms with E-state index in [0.29, 0.717) is 26.4 Å². The van der Waals surface area contributed by atoms with Gasteiger partial charge in [-0.25, -0.2) is 0 Å². The van der Waals surface area contributed by atoms with E-state index in [1.165, 1.54) is 24.0 Å². The standard InChI is InChI=1S/C25H43NO3/c1-19-10-12-26(13-11-19)17-21(27)18-28-14-15-29-23-9-8-20(24(2,3)4)16-22(23)25(5,6)7/h8-9,16,19,21,27H,10-15,17-18H2,1-7H3/t21-/m0/s1. The summed E-state index contributed by atoms with van der Waals surface area (Å²) in [4.78, 5) is 2.34. The van der Waals surface area contributed by atoms with E-state index in [-0.39, 0.29) is 10.8 Å². The van der Waals surface area contributed by atoms with Gasteiger partial charge in [0.2, 0.25) is 0 Å². The zero-order valence-corrected chi connectivity index (χ0v) is 19.8. The lowest BCUT2D eigenvalue weighted by Crippen LogP contribution is -2.40. The molecule has 1 fully saturated rings. The molecule has 0 aromatic heterocycles. The van der Waals surface area contributed by atoms with E-state index in [4.69, 9.17) is 9.47 Å². The van der Waals surface area contributed by atoms with Crippen LogP contribution in [-0.4, -0.2) is 55.6 Å². The maximum Gasteiger partial charge on any atom is 0.123 e. The summed E-state index contributed by atoms with van der Waals surface area (Å²) < 4.78 is 11.7. The van der Waals surface area contributed by atoms with Gasteiger partial charge in [0.05, 0.1) is 19.3 Å². The SMILES string of the molecule is CC1CCN(C[C@H](O)COCCOc2ccc(C(C)(C)C)cc2C(C)(C)C)CC1. The minimum atomic E-state index is -0.431. The summed E-state index contributed by atoms with van der Waals surface area (Å²) >= 11 is 0. The predicted octanol–water partition coefficient (Wildman–Crippen LogP) is 4.77. The van der Waals surface area contributed by atoms with Gasteiger partial charge < -0.3 is 19.5 Å². The number of nitrogens with zero attached hydrogens (tertiary/aromatic N) is 1. The Labute approximate surface area is 178 Å². The third kappa shape index (κ3) is 7.92. The second kappa shape index (κ2) is 10.3. The average molecular weight is 406 g/mol. The van der Waals surface area contributed by atoms with Crippen molar-refractivity contribution in [2.24, 2.45) is 5.92 Å². The molecule has 1 saturated heterocycles. The lowest BCUT2D eigenvalue weighted by Gasteiger charge is -2.31. The molecule has 2 rings (SSSR count). The van der Waals surface area contributed by atoms with Crippen LogP contribution < -0.4 is 4.74 Å². The summed E-state index contributed by atoms with van der Waals surface area (Å²) in [5, 5.41) is 10.2. The van der Waals surface area contributed by atoms with Gasteiger partial charge in [0, 0.05) is 6.54 Å². The molecule has 1 aromatic carbocycles. The summed E-state index contributed by atoms with van der Waals surface area (Å²) in [5.74, 6) is 1.74. The van der Waals surface area contributed by atoms with Crippen LogP contribution >= 0.6 is 0 Å². The van der Waals surface area contributed by atoms with Crippen molar-refractivity contribution in [1.29, 1.82) is 0 Å². The van der Waals surface area contributed by atoms with Crippen LogP contribution in [0, 0.1) is 5.92 Å². The van der Waals surface area contributed by atoms with Crippen LogP contribution in [0.1, 0.15) is 72.4 Å². The molecule has 1 N–H and O–H groups in total. The van der Waals surface area contributed by atoms with Crippen LogP contribution in [0.15, 0.2) is 18.2 Å². The van der Waals surface area contributed by atoms with Gasteiger partial charge in [-0.1, -0.05) is 60.6 Å². The van der Waals surface area contributed by atoms with E-state index in [1.807, 2.05) is 0 Å².